The first-order valence-electron chi connectivity index (χ1n) is 7.41. The Morgan fingerprint density at radius 3 is 2.65 bits per heavy atom. The number of ether oxygens (including phenoxy) is 1. The van der Waals surface area contributed by atoms with Crippen molar-refractivity contribution in [3.05, 3.63) is 24.3 Å². The SMILES string of the molecule is COc1cccc(N2CCN(C3CCC(=O)C3)CC2)c1. The summed E-state index contributed by atoms with van der Waals surface area (Å²) in [4.78, 5) is 16.3. The summed E-state index contributed by atoms with van der Waals surface area (Å²) in [7, 11) is 1.70. The Kier molecular flexibility index (Phi) is 3.92. The molecule has 0 aromatic heterocycles. The van der Waals surface area contributed by atoms with Gasteiger partial charge in [-0.25, -0.2) is 0 Å². The van der Waals surface area contributed by atoms with Crippen LogP contribution in [0.15, 0.2) is 24.3 Å². The zero-order valence-electron chi connectivity index (χ0n) is 12.0. The van der Waals surface area contributed by atoms with E-state index in [4.69, 9.17) is 4.74 Å². The van der Waals surface area contributed by atoms with E-state index in [-0.39, 0.29) is 0 Å². The van der Waals surface area contributed by atoms with Crippen LogP contribution in [0.2, 0.25) is 0 Å². The molecule has 4 heteroatoms. The van der Waals surface area contributed by atoms with Gasteiger partial charge in [-0.1, -0.05) is 6.07 Å². The fourth-order valence-electron chi connectivity index (χ4n) is 3.26. The second-order valence-electron chi connectivity index (χ2n) is 5.66. The van der Waals surface area contributed by atoms with Gasteiger partial charge < -0.3 is 9.64 Å². The van der Waals surface area contributed by atoms with Crippen molar-refractivity contribution < 1.29 is 9.53 Å². The third kappa shape index (κ3) is 2.80. The van der Waals surface area contributed by atoms with Gasteiger partial charge in [0.1, 0.15) is 11.5 Å². The van der Waals surface area contributed by atoms with Crippen molar-refractivity contribution in [2.45, 2.75) is 25.3 Å². The first-order chi connectivity index (χ1) is 9.76. The van der Waals surface area contributed by atoms with E-state index in [1.165, 1.54) is 5.69 Å². The topological polar surface area (TPSA) is 32.8 Å². The molecule has 1 atom stereocenters. The van der Waals surface area contributed by atoms with E-state index in [0.29, 0.717) is 11.8 Å². The highest BCUT2D eigenvalue weighted by molar-refractivity contribution is 5.81. The molecule has 0 radical (unpaired) electrons. The summed E-state index contributed by atoms with van der Waals surface area (Å²) in [5.41, 5.74) is 1.23. The van der Waals surface area contributed by atoms with Gasteiger partial charge in [0.05, 0.1) is 7.11 Å². The highest BCUT2D eigenvalue weighted by Gasteiger charge is 2.29. The number of benzene rings is 1. The molecule has 20 heavy (non-hydrogen) atoms. The molecule has 2 fully saturated rings. The van der Waals surface area contributed by atoms with Crippen LogP contribution in [-0.4, -0.2) is 50.0 Å². The Hall–Kier alpha value is -1.55. The van der Waals surface area contributed by atoms with Gasteiger partial charge in [0.2, 0.25) is 0 Å². The first-order valence-corrected chi connectivity index (χ1v) is 7.41. The van der Waals surface area contributed by atoms with E-state index in [0.717, 1.165) is 51.2 Å². The van der Waals surface area contributed by atoms with Gasteiger partial charge in [0.15, 0.2) is 0 Å². The third-order valence-electron chi connectivity index (χ3n) is 4.47. The number of anilines is 1. The van der Waals surface area contributed by atoms with Crippen molar-refractivity contribution >= 4 is 11.5 Å². The van der Waals surface area contributed by atoms with Gasteiger partial charge in [-0.05, 0) is 18.6 Å². The van der Waals surface area contributed by atoms with Crippen molar-refractivity contribution in [2.24, 2.45) is 0 Å². The number of rotatable bonds is 3. The Bertz CT molecular complexity index is 481. The monoisotopic (exact) mass is 274 g/mol. The number of methoxy groups -OCH3 is 1. The molecule has 0 amide bonds. The number of hydrogen-bond acceptors (Lipinski definition) is 4. The number of ketones is 1. The molecule has 1 aromatic rings. The molecular weight excluding hydrogens is 252 g/mol. The molecule has 4 nitrogen and oxygen atoms in total. The zero-order chi connectivity index (χ0) is 13.9. The van der Waals surface area contributed by atoms with Gasteiger partial charge in [0.25, 0.3) is 0 Å². The van der Waals surface area contributed by atoms with Gasteiger partial charge in [-0.15, -0.1) is 0 Å². The van der Waals surface area contributed by atoms with Crippen LogP contribution in [0.5, 0.6) is 5.75 Å². The molecule has 1 aliphatic heterocycles. The standard InChI is InChI=1S/C16H22N2O2/c1-20-16-4-2-3-13(12-16)17-7-9-18(10-8-17)14-5-6-15(19)11-14/h2-4,12,14H,5-11H2,1H3. The maximum absolute atomic E-state index is 11.4. The van der Waals surface area contributed by atoms with Crippen molar-refractivity contribution in [1.82, 2.24) is 4.90 Å². The van der Waals surface area contributed by atoms with E-state index >= 15 is 0 Å². The quantitative estimate of drug-likeness (QED) is 0.843. The lowest BCUT2D eigenvalue weighted by molar-refractivity contribution is -0.117. The van der Waals surface area contributed by atoms with E-state index in [2.05, 4.69) is 21.9 Å². The van der Waals surface area contributed by atoms with Crippen LogP contribution < -0.4 is 9.64 Å². The van der Waals surface area contributed by atoms with Crippen LogP contribution in [0.1, 0.15) is 19.3 Å². The Morgan fingerprint density at radius 2 is 2.00 bits per heavy atom. The van der Waals surface area contributed by atoms with Gasteiger partial charge >= 0.3 is 0 Å². The second-order valence-corrected chi connectivity index (χ2v) is 5.66. The third-order valence-corrected chi connectivity index (χ3v) is 4.47. The predicted molar refractivity (Wildman–Crippen MR) is 79.4 cm³/mol. The number of carbonyl (C=O) groups excluding carboxylic acids is 1. The average molecular weight is 274 g/mol. The molecule has 0 bridgehead atoms. The Morgan fingerprint density at radius 1 is 1.20 bits per heavy atom. The maximum atomic E-state index is 11.4. The smallest absolute Gasteiger partial charge is 0.134 e. The van der Waals surface area contributed by atoms with E-state index in [1.54, 1.807) is 7.11 Å². The summed E-state index contributed by atoms with van der Waals surface area (Å²) in [5.74, 6) is 1.34. The van der Waals surface area contributed by atoms with Crippen molar-refractivity contribution in [2.75, 3.05) is 38.2 Å². The fraction of sp³-hybridized carbons (Fsp3) is 0.562. The number of piperazine rings is 1. The lowest BCUT2D eigenvalue weighted by Gasteiger charge is -2.39. The van der Waals surface area contributed by atoms with Gasteiger partial charge in [-0.2, -0.15) is 0 Å². The molecule has 1 saturated heterocycles. The van der Waals surface area contributed by atoms with E-state index < -0.39 is 0 Å². The van der Waals surface area contributed by atoms with Crippen molar-refractivity contribution in [3.8, 4) is 5.75 Å². The Balaban J connectivity index is 1.59. The summed E-state index contributed by atoms with van der Waals surface area (Å²) in [6.45, 7) is 4.15. The molecule has 1 saturated carbocycles. The highest BCUT2D eigenvalue weighted by atomic mass is 16.5. The summed E-state index contributed by atoms with van der Waals surface area (Å²) >= 11 is 0. The molecule has 1 aliphatic carbocycles. The number of hydrogen-bond donors (Lipinski definition) is 0. The minimum Gasteiger partial charge on any atom is -0.497 e. The van der Waals surface area contributed by atoms with Crippen LogP contribution in [0.25, 0.3) is 0 Å². The predicted octanol–water partition coefficient (Wildman–Crippen LogP) is 1.94. The van der Waals surface area contributed by atoms with Gasteiger partial charge in [0, 0.05) is 56.8 Å². The van der Waals surface area contributed by atoms with Crippen LogP contribution in [0.4, 0.5) is 5.69 Å². The van der Waals surface area contributed by atoms with Crippen LogP contribution in [0.3, 0.4) is 0 Å². The van der Waals surface area contributed by atoms with Crippen LogP contribution >= 0.6 is 0 Å². The van der Waals surface area contributed by atoms with Crippen LogP contribution in [0, 0.1) is 0 Å². The lowest BCUT2D eigenvalue weighted by atomic mass is 10.1. The molecule has 108 valence electrons. The maximum Gasteiger partial charge on any atom is 0.134 e. The highest BCUT2D eigenvalue weighted by Crippen LogP contribution is 2.25. The molecule has 0 spiro atoms. The number of Topliss-reactive ketones (excluding diaryl/α,β-unsaturated/α-hetero) is 1. The van der Waals surface area contributed by atoms with Crippen molar-refractivity contribution in [1.29, 1.82) is 0 Å². The van der Waals surface area contributed by atoms with Crippen LogP contribution in [-0.2, 0) is 4.79 Å². The Labute approximate surface area is 120 Å². The second kappa shape index (κ2) is 5.83. The zero-order valence-corrected chi connectivity index (χ0v) is 12.0. The fourth-order valence-corrected chi connectivity index (χ4v) is 3.26. The van der Waals surface area contributed by atoms with E-state index in [1.807, 2.05) is 12.1 Å². The average Bonchev–Trinajstić information content (AvgIpc) is 2.94. The molecule has 3 rings (SSSR count). The molecule has 1 heterocycles. The largest absolute Gasteiger partial charge is 0.497 e. The van der Waals surface area contributed by atoms with Gasteiger partial charge in [-0.3, -0.25) is 9.69 Å². The van der Waals surface area contributed by atoms with E-state index in [9.17, 15) is 4.79 Å². The summed E-state index contributed by atoms with van der Waals surface area (Å²) in [5, 5.41) is 0. The molecule has 2 aliphatic rings. The molecular formula is C16H22N2O2. The summed E-state index contributed by atoms with van der Waals surface area (Å²) in [6, 6.07) is 8.74. The normalized spacial score (nSPS) is 24.1. The minimum absolute atomic E-state index is 0.435. The van der Waals surface area contributed by atoms with Crippen molar-refractivity contribution in [3.63, 3.8) is 0 Å². The minimum atomic E-state index is 0.435. The molecule has 0 N–H and O–H groups in total. The lowest BCUT2D eigenvalue weighted by Crippen LogP contribution is -2.49. The summed E-state index contributed by atoms with van der Waals surface area (Å²) < 4.78 is 5.29. The number of carbonyl (C=O) groups is 1. The molecule has 1 aromatic carbocycles. The first kappa shape index (κ1) is 13.4. The summed E-state index contributed by atoms with van der Waals surface area (Å²) in [6.07, 6.45) is 2.60. The number of nitrogens with zero attached hydrogens (tertiary/aromatic N) is 2. The molecule has 1 unspecified atom stereocenters.